The van der Waals surface area contributed by atoms with E-state index in [1.165, 1.54) is 6.33 Å². The van der Waals surface area contributed by atoms with Crippen molar-refractivity contribution in [3.63, 3.8) is 0 Å². The maximum absolute atomic E-state index is 11.4. The molecule has 0 radical (unpaired) electrons. The molecule has 150 valence electrons. The molecule has 0 bridgehead atoms. The van der Waals surface area contributed by atoms with Crippen LogP contribution in [0, 0.1) is 0 Å². The summed E-state index contributed by atoms with van der Waals surface area (Å²) in [5, 5.41) is 14.5. The maximum Gasteiger partial charge on any atom is 0.153 e. The zero-order valence-corrected chi connectivity index (χ0v) is 16.5. The third-order valence-corrected chi connectivity index (χ3v) is 5.78. The first-order valence-electron chi connectivity index (χ1n) is 9.83. The molecule has 2 aromatic heterocycles. The van der Waals surface area contributed by atoms with Crippen LogP contribution in [0.15, 0.2) is 54.9 Å². The van der Waals surface area contributed by atoms with Crippen LogP contribution >= 0.6 is 0 Å². The lowest BCUT2D eigenvalue weighted by Gasteiger charge is -2.39. The Kier molecular flexibility index (Phi) is 4.15. The lowest BCUT2D eigenvalue weighted by atomic mass is 9.72. The summed E-state index contributed by atoms with van der Waals surface area (Å²) in [6, 6.07) is 15.4. The summed E-state index contributed by atoms with van der Waals surface area (Å²) in [4.78, 5) is 20.4. The molecule has 4 aromatic rings. The van der Waals surface area contributed by atoms with Gasteiger partial charge in [0, 0.05) is 17.0 Å². The van der Waals surface area contributed by atoms with Crippen molar-refractivity contribution >= 4 is 17.6 Å². The number of aldehydes is 1. The van der Waals surface area contributed by atoms with E-state index in [1.807, 2.05) is 49.4 Å². The first kappa shape index (κ1) is 18.4. The number of benzene rings is 2. The van der Waals surface area contributed by atoms with E-state index in [0.29, 0.717) is 35.4 Å². The number of fused-ring (bicyclic) bond motifs is 1. The number of carbonyl (C=O) groups excluding carboxylic acids is 1. The molecular weight excluding hydrogens is 378 g/mol. The zero-order chi connectivity index (χ0) is 20.9. The first-order chi connectivity index (χ1) is 14.5. The van der Waals surface area contributed by atoms with E-state index in [2.05, 4.69) is 10.1 Å². The lowest BCUT2D eigenvalue weighted by Crippen LogP contribution is -2.40. The number of nitrogens with zero attached hydrogens (tertiary/aromatic N) is 4. The molecule has 0 saturated heterocycles. The van der Waals surface area contributed by atoms with Gasteiger partial charge in [-0.15, -0.1) is 0 Å². The van der Waals surface area contributed by atoms with E-state index < -0.39 is 5.60 Å². The van der Waals surface area contributed by atoms with Gasteiger partial charge in [-0.2, -0.15) is 5.10 Å². The van der Waals surface area contributed by atoms with Gasteiger partial charge in [0.25, 0.3) is 0 Å². The quantitative estimate of drug-likeness (QED) is 0.509. The van der Waals surface area contributed by atoms with Gasteiger partial charge < -0.3 is 10.8 Å². The number of hydrogen-bond donors (Lipinski definition) is 2. The summed E-state index contributed by atoms with van der Waals surface area (Å²) < 4.78 is 1.74. The Morgan fingerprint density at radius 3 is 2.53 bits per heavy atom. The number of anilines is 1. The van der Waals surface area contributed by atoms with Crippen molar-refractivity contribution in [2.75, 3.05) is 5.73 Å². The van der Waals surface area contributed by atoms with Crippen LogP contribution in [0.1, 0.15) is 41.9 Å². The number of carbonyl (C=O) groups is 1. The van der Waals surface area contributed by atoms with Crippen LogP contribution in [0.5, 0.6) is 0 Å². The molecule has 30 heavy (non-hydrogen) atoms. The van der Waals surface area contributed by atoms with Crippen LogP contribution < -0.4 is 5.73 Å². The standard InChI is InChI=1S/C23H21N5O2/c1-23(30)10-17(11-23)22-27-19(20-21(24)25-13-26-28(20)22)15-8-6-14(7-9-15)18-5-3-2-4-16(18)12-29/h2-9,12-13,17,30H,10-11H2,1H3,(H2,24,25,26). The highest BCUT2D eigenvalue weighted by molar-refractivity contribution is 5.89. The largest absolute Gasteiger partial charge is 0.390 e. The Morgan fingerprint density at radius 1 is 1.13 bits per heavy atom. The van der Waals surface area contributed by atoms with Crippen LogP contribution in [0.25, 0.3) is 27.9 Å². The molecule has 7 heteroatoms. The van der Waals surface area contributed by atoms with Gasteiger partial charge in [0.2, 0.25) is 0 Å². The predicted octanol–water partition coefficient (Wildman–Crippen LogP) is 3.48. The van der Waals surface area contributed by atoms with Crippen LogP contribution in [0.3, 0.4) is 0 Å². The number of nitrogen functional groups attached to an aromatic ring is 1. The van der Waals surface area contributed by atoms with Crippen LogP contribution in [-0.2, 0) is 0 Å². The molecule has 1 aliphatic rings. The highest BCUT2D eigenvalue weighted by Gasteiger charge is 2.42. The first-order valence-corrected chi connectivity index (χ1v) is 9.83. The van der Waals surface area contributed by atoms with E-state index in [0.717, 1.165) is 28.8 Å². The van der Waals surface area contributed by atoms with E-state index in [4.69, 9.17) is 10.7 Å². The number of aliphatic hydroxyl groups is 1. The van der Waals surface area contributed by atoms with Crippen molar-refractivity contribution in [1.82, 2.24) is 19.6 Å². The lowest BCUT2D eigenvalue weighted by molar-refractivity contribution is -0.0337. The number of imidazole rings is 1. The second-order valence-electron chi connectivity index (χ2n) is 8.11. The number of hydrogen-bond acceptors (Lipinski definition) is 6. The molecule has 0 atom stereocenters. The molecule has 2 heterocycles. The molecule has 0 aliphatic heterocycles. The van der Waals surface area contributed by atoms with E-state index in [-0.39, 0.29) is 5.92 Å². The molecule has 2 aromatic carbocycles. The van der Waals surface area contributed by atoms with Crippen molar-refractivity contribution in [1.29, 1.82) is 0 Å². The van der Waals surface area contributed by atoms with Crippen molar-refractivity contribution in [2.45, 2.75) is 31.3 Å². The summed E-state index contributed by atoms with van der Waals surface area (Å²) in [6.07, 6.45) is 3.56. The minimum atomic E-state index is -0.664. The Morgan fingerprint density at radius 2 is 1.83 bits per heavy atom. The van der Waals surface area contributed by atoms with Crippen LogP contribution in [-0.4, -0.2) is 36.6 Å². The SMILES string of the molecule is CC1(O)CC(c2nc(-c3ccc(-c4ccccc4C=O)cc3)c3c(N)ncnn23)C1. The molecule has 5 rings (SSSR count). The molecule has 1 saturated carbocycles. The summed E-state index contributed by atoms with van der Waals surface area (Å²) in [5.74, 6) is 1.27. The summed E-state index contributed by atoms with van der Waals surface area (Å²) in [7, 11) is 0. The third-order valence-electron chi connectivity index (χ3n) is 5.78. The van der Waals surface area contributed by atoms with Crippen molar-refractivity contribution in [3.8, 4) is 22.4 Å². The van der Waals surface area contributed by atoms with Crippen molar-refractivity contribution in [2.24, 2.45) is 0 Å². The second-order valence-corrected chi connectivity index (χ2v) is 8.11. The molecule has 1 aliphatic carbocycles. The molecular formula is C23H21N5O2. The highest BCUT2D eigenvalue weighted by Crippen LogP contribution is 2.45. The third kappa shape index (κ3) is 2.95. The van der Waals surface area contributed by atoms with Crippen molar-refractivity contribution in [3.05, 3.63) is 66.2 Å². The fourth-order valence-electron chi connectivity index (χ4n) is 4.30. The normalized spacial score (nSPS) is 20.8. The fraction of sp³-hybridized carbons (Fsp3) is 0.217. The monoisotopic (exact) mass is 399 g/mol. The number of aromatic nitrogens is 4. The molecule has 0 unspecified atom stereocenters. The average molecular weight is 399 g/mol. The van der Waals surface area contributed by atoms with Gasteiger partial charge in [-0.1, -0.05) is 48.5 Å². The molecule has 1 fully saturated rings. The Labute approximate surface area is 173 Å². The molecule has 0 spiro atoms. The van der Waals surface area contributed by atoms with Gasteiger partial charge in [0.1, 0.15) is 23.4 Å². The summed E-state index contributed by atoms with van der Waals surface area (Å²) in [6.45, 7) is 1.83. The fourth-order valence-corrected chi connectivity index (χ4v) is 4.30. The minimum absolute atomic E-state index is 0.120. The molecule has 7 nitrogen and oxygen atoms in total. The Balaban J connectivity index is 1.59. The van der Waals surface area contributed by atoms with Crippen LogP contribution in [0.2, 0.25) is 0 Å². The molecule has 3 N–H and O–H groups in total. The Bertz CT molecular complexity index is 1250. The smallest absolute Gasteiger partial charge is 0.153 e. The van der Waals surface area contributed by atoms with Gasteiger partial charge in [0.05, 0.1) is 5.60 Å². The van der Waals surface area contributed by atoms with Gasteiger partial charge in [-0.25, -0.2) is 14.5 Å². The van der Waals surface area contributed by atoms with E-state index in [1.54, 1.807) is 10.6 Å². The number of rotatable bonds is 4. The molecule has 0 amide bonds. The van der Waals surface area contributed by atoms with Gasteiger partial charge in [-0.3, -0.25) is 4.79 Å². The van der Waals surface area contributed by atoms with Gasteiger partial charge in [0.15, 0.2) is 12.1 Å². The number of nitrogens with two attached hydrogens (primary N) is 1. The van der Waals surface area contributed by atoms with E-state index >= 15 is 0 Å². The predicted molar refractivity (Wildman–Crippen MR) is 114 cm³/mol. The highest BCUT2D eigenvalue weighted by atomic mass is 16.3. The summed E-state index contributed by atoms with van der Waals surface area (Å²) in [5.41, 5.74) is 10.3. The average Bonchev–Trinajstić information content (AvgIpc) is 3.13. The van der Waals surface area contributed by atoms with Crippen molar-refractivity contribution < 1.29 is 9.90 Å². The maximum atomic E-state index is 11.4. The topological polar surface area (TPSA) is 106 Å². The van der Waals surface area contributed by atoms with Crippen LogP contribution in [0.4, 0.5) is 5.82 Å². The van der Waals surface area contributed by atoms with Gasteiger partial charge in [-0.05, 0) is 30.9 Å². The zero-order valence-electron chi connectivity index (χ0n) is 16.5. The Hall–Kier alpha value is -3.58. The summed E-state index contributed by atoms with van der Waals surface area (Å²) >= 11 is 0. The van der Waals surface area contributed by atoms with E-state index in [9.17, 15) is 9.90 Å². The minimum Gasteiger partial charge on any atom is -0.390 e. The van der Waals surface area contributed by atoms with Gasteiger partial charge >= 0.3 is 0 Å². The second kappa shape index (κ2) is 6.74.